The topological polar surface area (TPSA) is 52.0 Å². The molecule has 3 heteroatoms. The molecule has 3 nitrogen and oxygen atoms in total. The Hall–Kier alpha value is -2.03. The highest BCUT2D eigenvalue weighted by Gasteiger charge is 2.11. The summed E-state index contributed by atoms with van der Waals surface area (Å²) >= 11 is 0. The molecule has 0 unspecified atom stereocenters. The average molecular weight is 226 g/mol. The summed E-state index contributed by atoms with van der Waals surface area (Å²) in [5, 5.41) is 1.95. The van der Waals surface area contributed by atoms with Gasteiger partial charge in [0.1, 0.15) is 17.2 Å². The molecule has 0 radical (unpaired) electrons. The van der Waals surface area contributed by atoms with Crippen LogP contribution in [0.4, 0.5) is 5.82 Å². The number of para-hydroxylation sites is 1. The van der Waals surface area contributed by atoms with E-state index in [4.69, 9.17) is 10.2 Å². The summed E-state index contributed by atoms with van der Waals surface area (Å²) in [6.45, 7) is 2.13. The second-order valence-electron chi connectivity index (χ2n) is 4.22. The zero-order valence-electron chi connectivity index (χ0n) is 9.73. The van der Waals surface area contributed by atoms with Crippen LogP contribution in [0.1, 0.15) is 19.1 Å². The van der Waals surface area contributed by atoms with Crippen molar-refractivity contribution in [3.05, 3.63) is 36.1 Å². The molecule has 0 saturated carbocycles. The number of fused-ring (bicyclic) bond motifs is 3. The lowest BCUT2D eigenvalue weighted by molar-refractivity contribution is 0.547. The lowest BCUT2D eigenvalue weighted by atomic mass is 10.1. The van der Waals surface area contributed by atoms with Gasteiger partial charge in [-0.3, -0.25) is 0 Å². The number of nitrogens with zero attached hydrogens (tertiary/aromatic N) is 1. The van der Waals surface area contributed by atoms with Crippen molar-refractivity contribution < 1.29 is 4.42 Å². The molecule has 0 aliphatic heterocycles. The van der Waals surface area contributed by atoms with Gasteiger partial charge in [0.25, 0.3) is 0 Å². The van der Waals surface area contributed by atoms with E-state index >= 15 is 0 Å². The molecule has 2 N–H and O–H groups in total. The van der Waals surface area contributed by atoms with Gasteiger partial charge in [0, 0.05) is 11.8 Å². The van der Waals surface area contributed by atoms with Crippen molar-refractivity contribution in [1.29, 1.82) is 0 Å². The predicted octanol–water partition coefficient (Wildman–Crippen LogP) is 3.52. The van der Waals surface area contributed by atoms with Crippen LogP contribution in [0, 0.1) is 0 Å². The molecule has 0 atom stereocenters. The summed E-state index contributed by atoms with van der Waals surface area (Å²) in [5.74, 6) is 1.53. The molecular formula is C14H14N2O. The molecule has 3 aromatic rings. The van der Waals surface area contributed by atoms with Crippen LogP contribution < -0.4 is 5.73 Å². The number of furan rings is 1. The van der Waals surface area contributed by atoms with Gasteiger partial charge in [0.05, 0.1) is 10.9 Å². The number of pyridine rings is 1. The van der Waals surface area contributed by atoms with Crippen molar-refractivity contribution >= 4 is 27.7 Å². The molecule has 0 bridgehead atoms. The molecule has 86 valence electrons. The Labute approximate surface area is 99.2 Å². The third-order valence-electron chi connectivity index (χ3n) is 2.95. The van der Waals surface area contributed by atoms with Crippen LogP contribution in [-0.2, 0) is 6.42 Å². The number of aromatic nitrogens is 1. The minimum Gasteiger partial charge on any atom is -0.460 e. The van der Waals surface area contributed by atoms with Crippen molar-refractivity contribution in [2.45, 2.75) is 19.8 Å². The summed E-state index contributed by atoms with van der Waals surface area (Å²) in [7, 11) is 0. The maximum Gasteiger partial charge on any atom is 0.147 e. The Morgan fingerprint density at radius 1 is 1.24 bits per heavy atom. The zero-order chi connectivity index (χ0) is 11.8. The maximum absolute atomic E-state index is 5.96. The van der Waals surface area contributed by atoms with Crippen molar-refractivity contribution in [3.8, 4) is 0 Å². The van der Waals surface area contributed by atoms with E-state index in [9.17, 15) is 0 Å². The summed E-state index contributed by atoms with van der Waals surface area (Å²) in [4.78, 5) is 4.40. The van der Waals surface area contributed by atoms with E-state index in [-0.39, 0.29) is 0 Å². The van der Waals surface area contributed by atoms with Gasteiger partial charge in [0.2, 0.25) is 0 Å². The zero-order valence-corrected chi connectivity index (χ0v) is 9.73. The number of nitrogens with two attached hydrogens (primary N) is 1. The number of benzene rings is 1. The molecule has 17 heavy (non-hydrogen) atoms. The van der Waals surface area contributed by atoms with Crippen LogP contribution >= 0.6 is 0 Å². The minimum absolute atomic E-state index is 0.546. The normalized spacial score (nSPS) is 11.4. The van der Waals surface area contributed by atoms with Crippen LogP contribution in [0.5, 0.6) is 0 Å². The quantitative estimate of drug-likeness (QED) is 0.727. The van der Waals surface area contributed by atoms with Crippen LogP contribution in [0.3, 0.4) is 0 Å². The Bertz CT molecular complexity index is 685. The fourth-order valence-electron chi connectivity index (χ4n) is 2.16. The SMILES string of the molecule is CCCc1cc2c(N)nc3ccccc3c2o1. The summed E-state index contributed by atoms with van der Waals surface area (Å²) < 4.78 is 5.88. The van der Waals surface area contributed by atoms with Gasteiger partial charge in [0.15, 0.2) is 0 Å². The van der Waals surface area contributed by atoms with Gasteiger partial charge in [-0.05, 0) is 24.6 Å². The van der Waals surface area contributed by atoms with Gasteiger partial charge in [-0.25, -0.2) is 4.98 Å². The standard InChI is InChI=1S/C14H14N2O/c1-2-5-9-8-11-13(17-9)10-6-3-4-7-12(10)16-14(11)15/h3-4,6-8H,2,5H2,1H3,(H2,15,16). The highest BCUT2D eigenvalue weighted by Crippen LogP contribution is 2.30. The number of rotatable bonds is 2. The molecule has 0 fully saturated rings. The molecule has 3 rings (SSSR count). The summed E-state index contributed by atoms with van der Waals surface area (Å²) in [6, 6.07) is 9.92. The first-order valence-electron chi connectivity index (χ1n) is 5.86. The van der Waals surface area contributed by atoms with E-state index in [2.05, 4.69) is 11.9 Å². The number of nitrogen functional groups attached to an aromatic ring is 1. The van der Waals surface area contributed by atoms with E-state index in [0.717, 1.165) is 40.5 Å². The second-order valence-corrected chi connectivity index (χ2v) is 4.22. The second kappa shape index (κ2) is 3.77. The van der Waals surface area contributed by atoms with Gasteiger partial charge in [-0.2, -0.15) is 0 Å². The van der Waals surface area contributed by atoms with Crippen LogP contribution in [0.15, 0.2) is 34.7 Å². The Morgan fingerprint density at radius 2 is 2.06 bits per heavy atom. The van der Waals surface area contributed by atoms with Gasteiger partial charge < -0.3 is 10.2 Å². The average Bonchev–Trinajstić information content (AvgIpc) is 2.74. The smallest absolute Gasteiger partial charge is 0.147 e. The van der Waals surface area contributed by atoms with Crippen molar-refractivity contribution in [2.75, 3.05) is 5.73 Å². The number of hydrogen-bond donors (Lipinski definition) is 1. The third-order valence-corrected chi connectivity index (χ3v) is 2.95. The summed E-state index contributed by atoms with van der Waals surface area (Å²) in [5.41, 5.74) is 7.70. The molecule has 2 heterocycles. The minimum atomic E-state index is 0.546. The van der Waals surface area contributed by atoms with E-state index in [1.165, 1.54) is 0 Å². The van der Waals surface area contributed by atoms with E-state index in [0.29, 0.717) is 5.82 Å². The lowest BCUT2D eigenvalue weighted by Crippen LogP contribution is -1.91. The Morgan fingerprint density at radius 3 is 2.88 bits per heavy atom. The third kappa shape index (κ3) is 1.55. The summed E-state index contributed by atoms with van der Waals surface area (Å²) in [6.07, 6.45) is 1.99. The Kier molecular flexibility index (Phi) is 2.25. The predicted molar refractivity (Wildman–Crippen MR) is 69.9 cm³/mol. The highest BCUT2D eigenvalue weighted by molar-refractivity contribution is 6.06. The first kappa shape index (κ1) is 10.1. The maximum atomic E-state index is 5.96. The van der Waals surface area contributed by atoms with E-state index < -0.39 is 0 Å². The van der Waals surface area contributed by atoms with Crippen LogP contribution in [0.25, 0.3) is 21.9 Å². The lowest BCUT2D eigenvalue weighted by Gasteiger charge is -2.00. The fraction of sp³-hybridized carbons (Fsp3) is 0.214. The Balaban J connectivity index is 2.39. The van der Waals surface area contributed by atoms with E-state index in [1.54, 1.807) is 0 Å². The van der Waals surface area contributed by atoms with Gasteiger partial charge >= 0.3 is 0 Å². The molecule has 1 aromatic carbocycles. The van der Waals surface area contributed by atoms with Gasteiger partial charge in [-0.15, -0.1) is 0 Å². The van der Waals surface area contributed by atoms with Crippen molar-refractivity contribution in [1.82, 2.24) is 4.98 Å². The molecule has 0 amide bonds. The highest BCUT2D eigenvalue weighted by atomic mass is 16.3. The number of anilines is 1. The molecule has 2 aromatic heterocycles. The molecule has 0 aliphatic carbocycles. The molecule has 0 saturated heterocycles. The molecular weight excluding hydrogens is 212 g/mol. The van der Waals surface area contributed by atoms with Crippen molar-refractivity contribution in [3.63, 3.8) is 0 Å². The van der Waals surface area contributed by atoms with E-state index in [1.807, 2.05) is 30.3 Å². The molecule has 0 aliphatic rings. The monoisotopic (exact) mass is 226 g/mol. The van der Waals surface area contributed by atoms with Crippen LogP contribution in [-0.4, -0.2) is 4.98 Å². The first-order chi connectivity index (χ1) is 8.29. The number of hydrogen-bond acceptors (Lipinski definition) is 3. The largest absolute Gasteiger partial charge is 0.460 e. The van der Waals surface area contributed by atoms with Crippen molar-refractivity contribution in [2.24, 2.45) is 0 Å². The number of aryl methyl sites for hydroxylation is 1. The fourth-order valence-corrected chi connectivity index (χ4v) is 2.16. The molecule has 0 spiro atoms. The van der Waals surface area contributed by atoms with Crippen LogP contribution in [0.2, 0.25) is 0 Å². The first-order valence-corrected chi connectivity index (χ1v) is 5.86. The van der Waals surface area contributed by atoms with Gasteiger partial charge in [-0.1, -0.05) is 19.1 Å².